The molecule has 1 aromatic carbocycles. The lowest BCUT2D eigenvalue weighted by Crippen LogP contribution is -2.42. The van der Waals surface area contributed by atoms with E-state index in [1.807, 2.05) is 0 Å². The van der Waals surface area contributed by atoms with E-state index in [1.165, 1.54) is 36.6 Å². The van der Waals surface area contributed by atoms with Crippen molar-refractivity contribution in [2.24, 2.45) is 5.10 Å². The Bertz CT molecular complexity index is 1060. The number of hydrogen-bond donors (Lipinski definition) is 1. The van der Waals surface area contributed by atoms with Gasteiger partial charge in [0.05, 0.1) is 31.0 Å². The van der Waals surface area contributed by atoms with E-state index < -0.39 is 36.5 Å². The summed E-state index contributed by atoms with van der Waals surface area (Å²) >= 11 is 0. The number of carbonyl (C=O) groups is 3. The summed E-state index contributed by atoms with van der Waals surface area (Å²) < 4.78 is 29.6. The van der Waals surface area contributed by atoms with Crippen molar-refractivity contribution in [1.82, 2.24) is 10.2 Å². The highest BCUT2D eigenvalue weighted by Crippen LogP contribution is 2.28. The molecule has 0 bridgehead atoms. The third kappa shape index (κ3) is 5.19. The summed E-state index contributed by atoms with van der Waals surface area (Å²) in [6, 6.07) is 6.03. The van der Waals surface area contributed by atoms with E-state index >= 15 is 0 Å². The van der Waals surface area contributed by atoms with Crippen molar-refractivity contribution >= 4 is 41.5 Å². The van der Waals surface area contributed by atoms with Crippen molar-refractivity contribution in [1.29, 1.82) is 0 Å². The second kappa shape index (κ2) is 9.54. The fraction of sp³-hybridized carbons (Fsp3) is 0.350. The van der Waals surface area contributed by atoms with Crippen molar-refractivity contribution in [3.63, 3.8) is 0 Å². The fourth-order valence-electron chi connectivity index (χ4n) is 3.31. The van der Waals surface area contributed by atoms with Gasteiger partial charge in [-0.05, 0) is 18.2 Å². The third-order valence-electron chi connectivity index (χ3n) is 4.95. The second-order valence-electron chi connectivity index (χ2n) is 7.24. The molecular weight excluding hydrogens is 439 g/mol. The van der Waals surface area contributed by atoms with E-state index in [0.29, 0.717) is 18.1 Å². The molecule has 4 rings (SSSR count). The van der Waals surface area contributed by atoms with Gasteiger partial charge in [0.1, 0.15) is 24.5 Å². The van der Waals surface area contributed by atoms with E-state index in [-0.39, 0.29) is 25.3 Å². The van der Waals surface area contributed by atoms with Crippen LogP contribution in [0.3, 0.4) is 0 Å². The average Bonchev–Trinajstić information content (AvgIpc) is 3.45. The molecule has 174 valence electrons. The Morgan fingerprint density at radius 1 is 1.30 bits per heavy atom. The molecule has 2 aliphatic rings. The first-order chi connectivity index (χ1) is 15.9. The van der Waals surface area contributed by atoms with Gasteiger partial charge in [-0.15, -0.1) is 0 Å². The van der Waals surface area contributed by atoms with Crippen LogP contribution in [-0.2, 0) is 19.1 Å². The summed E-state index contributed by atoms with van der Waals surface area (Å²) in [4.78, 5) is 37.9. The van der Waals surface area contributed by atoms with Gasteiger partial charge in [-0.3, -0.25) is 14.5 Å². The lowest BCUT2D eigenvalue weighted by molar-refractivity contribution is -0.150. The SMILES string of the molecule is CC(=O)OCC(=O)N1CCN(c2ccc(N3C[C@H](CNc4ccon4)OC3=O)cc2F)C=N1. The van der Waals surface area contributed by atoms with Gasteiger partial charge in [0, 0.05) is 19.5 Å². The van der Waals surface area contributed by atoms with Gasteiger partial charge < -0.3 is 24.2 Å². The molecule has 2 aromatic rings. The molecular formula is C20H21FN6O6. The van der Waals surface area contributed by atoms with Gasteiger partial charge in [0.25, 0.3) is 5.91 Å². The summed E-state index contributed by atoms with van der Waals surface area (Å²) in [5.74, 6) is -1.07. The number of hydrogen-bond acceptors (Lipinski definition) is 10. The van der Waals surface area contributed by atoms with Crippen molar-refractivity contribution < 1.29 is 32.8 Å². The maximum Gasteiger partial charge on any atom is 0.414 e. The molecule has 1 fully saturated rings. The number of nitrogens with one attached hydrogen (secondary N) is 1. The number of anilines is 3. The number of halogens is 1. The van der Waals surface area contributed by atoms with Crippen LogP contribution in [0.25, 0.3) is 0 Å². The van der Waals surface area contributed by atoms with Crippen LogP contribution in [0.15, 0.2) is 40.2 Å². The zero-order valence-electron chi connectivity index (χ0n) is 17.6. The van der Waals surface area contributed by atoms with E-state index in [4.69, 9.17) is 9.26 Å². The molecule has 13 heteroatoms. The Morgan fingerprint density at radius 2 is 2.15 bits per heavy atom. The maximum atomic E-state index is 14.9. The number of esters is 1. The molecule has 0 saturated carbocycles. The third-order valence-corrected chi connectivity index (χ3v) is 4.95. The first kappa shape index (κ1) is 22.0. The highest BCUT2D eigenvalue weighted by molar-refractivity contribution is 5.91. The van der Waals surface area contributed by atoms with Crippen LogP contribution in [0.2, 0.25) is 0 Å². The lowest BCUT2D eigenvalue weighted by atomic mass is 10.2. The molecule has 3 heterocycles. The number of cyclic esters (lactones) is 1. The zero-order valence-corrected chi connectivity index (χ0v) is 17.6. The topological polar surface area (TPSA) is 130 Å². The van der Waals surface area contributed by atoms with Gasteiger partial charge in [-0.2, -0.15) is 5.10 Å². The number of carbonyl (C=O) groups excluding carboxylic acids is 3. The normalized spacial score (nSPS) is 17.8. The van der Waals surface area contributed by atoms with E-state index in [0.717, 1.165) is 5.01 Å². The van der Waals surface area contributed by atoms with E-state index in [9.17, 15) is 18.8 Å². The zero-order chi connectivity index (χ0) is 23.4. The van der Waals surface area contributed by atoms with Crippen molar-refractivity contribution in [2.75, 3.05) is 47.9 Å². The quantitative estimate of drug-likeness (QED) is 0.610. The Morgan fingerprint density at radius 3 is 2.82 bits per heavy atom. The smallest absolute Gasteiger partial charge is 0.414 e. The van der Waals surface area contributed by atoms with Gasteiger partial charge in [-0.1, -0.05) is 5.16 Å². The van der Waals surface area contributed by atoms with Crippen LogP contribution in [0.1, 0.15) is 6.92 Å². The summed E-state index contributed by atoms with van der Waals surface area (Å²) in [6.07, 6.45) is 1.73. The predicted octanol–water partition coefficient (Wildman–Crippen LogP) is 1.41. The number of benzene rings is 1. The minimum absolute atomic E-state index is 0.191. The monoisotopic (exact) mass is 460 g/mol. The maximum absolute atomic E-state index is 14.9. The first-order valence-corrected chi connectivity index (χ1v) is 10.1. The van der Waals surface area contributed by atoms with E-state index in [2.05, 4.69) is 20.3 Å². The fourth-order valence-corrected chi connectivity index (χ4v) is 3.31. The van der Waals surface area contributed by atoms with Crippen molar-refractivity contribution in [3.05, 3.63) is 36.3 Å². The molecule has 1 saturated heterocycles. The van der Waals surface area contributed by atoms with Crippen LogP contribution < -0.4 is 15.1 Å². The molecule has 2 amide bonds. The summed E-state index contributed by atoms with van der Waals surface area (Å²) in [5, 5.41) is 11.9. The molecule has 0 spiro atoms. The molecule has 1 atom stereocenters. The molecule has 0 unspecified atom stereocenters. The Labute approximate surface area is 187 Å². The lowest BCUT2D eigenvalue weighted by Gasteiger charge is -2.29. The summed E-state index contributed by atoms with van der Waals surface area (Å²) in [7, 11) is 0. The summed E-state index contributed by atoms with van der Waals surface area (Å²) in [6.45, 7) is 1.85. The standard InChI is InChI=1S/C20H21FN6O6/c1-13(28)31-11-19(29)27-6-5-25(12-23-27)17-3-2-14(8-16(17)21)26-10-15(33-20(26)30)9-22-18-4-7-32-24-18/h2-4,7-8,12,15H,5-6,9-11H2,1H3,(H,22,24)/t15-/m0/s1. The van der Waals surface area contributed by atoms with Gasteiger partial charge >= 0.3 is 12.1 Å². The van der Waals surface area contributed by atoms with Crippen molar-refractivity contribution in [3.8, 4) is 0 Å². The Kier molecular flexibility index (Phi) is 6.38. The molecule has 33 heavy (non-hydrogen) atoms. The molecule has 1 N–H and O–H groups in total. The van der Waals surface area contributed by atoms with Gasteiger partial charge in [-0.25, -0.2) is 14.2 Å². The number of amides is 2. The van der Waals surface area contributed by atoms with Crippen LogP contribution in [0.4, 0.5) is 26.4 Å². The second-order valence-corrected chi connectivity index (χ2v) is 7.24. The number of ether oxygens (including phenoxy) is 2. The largest absolute Gasteiger partial charge is 0.456 e. The van der Waals surface area contributed by atoms with Gasteiger partial charge in [0.2, 0.25) is 0 Å². The highest BCUT2D eigenvalue weighted by Gasteiger charge is 2.33. The minimum atomic E-state index is -0.574. The van der Waals surface area contributed by atoms with E-state index in [1.54, 1.807) is 17.0 Å². The minimum Gasteiger partial charge on any atom is -0.456 e. The predicted molar refractivity (Wildman–Crippen MR) is 113 cm³/mol. The number of hydrazone groups is 1. The molecule has 12 nitrogen and oxygen atoms in total. The molecule has 1 aromatic heterocycles. The number of aromatic nitrogens is 1. The average molecular weight is 460 g/mol. The highest BCUT2D eigenvalue weighted by atomic mass is 19.1. The summed E-state index contributed by atoms with van der Waals surface area (Å²) in [5.41, 5.74) is 0.601. The van der Waals surface area contributed by atoms with Crippen LogP contribution in [0.5, 0.6) is 0 Å². The number of nitrogens with zero attached hydrogens (tertiary/aromatic N) is 5. The molecule has 2 aliphatic heterocycles. The Balaban J connectivity index is 1.36. The van der Waals surface area contributed by atoms with Crippen LogP contribution in [0, 0.1) is 5.82 Å². The molecule has 0 aliphatic carbocycles. The van der Waals surface area contributed by atoms with Crippen molar-refractivity contribution in [2.45, 2.75) is 13.0 Å². The Hall–Kier alpha value is -4.16. The molecule has 0 radical (unpaired) electrons. The first-order valence-electron chi connectivity index (χ1n) is 10.1. The van der Waals surface area contributed by atoms with Crippen LogP contribution in [-0.4, -0.2) is 73.4 Å². The van der Waals surface area contributed by atoms with Crippen LogP contribution >= 0.6 is 0 Å². The number of rotatable bonds is 7. The van der Waals surface area contributed by atoms with Gasteiger partial charge in [0.15, 0.2) is 12.4 Å².